The van der Waals surface area contributed by atoms with E-state index in [2.05, 4.69) is 9.97 Å². The van der Waals surface area contributed by atoms with E-state index in [1.54, 1.807) is 6.07 Å². The number of carboxylic acid groups (broad SMARTS) is 1. The van der Waals surface area contributed by atoms with E-state index in [1.165, 1.54) is 6.07 Å². The third-order valence-electron chi connectivity index (χ3n) is 4.60. The molecule has 0 aliphatic carbocycles. The number of nitrogens with two attached hydrogens (primary N) is 1. The Balaban J connectivity index is 1.95. The zero-order valence-corrected chi connectivity index (χ0v) is 15.5. The Morgan fingerprint density at radius 1 is 1.31 bits per heavy atom. The van der Waals surface area contributed by atoms with E-state index in [-0.39, 0.29) is 22.2 Å². The Bertz CT molecular complexity index is 1170. The Labute approximate surface area is 165 Å². The number of aromatic nitrogens is 3. The molecular formula is C17H14F3N5O3S. The molecule has 29 heavy (non-hydrogen) atoms. The highest BCUT2D eigenvalue weighted by molar-refractivity contribution is 7.12. The van der Waals surface area contributed by atoms with Gasteiger partial charge in [0, 0.05) is 30.7 Å². The van der Waals surface area contributed by atoms with Crippen LogP contribution in [0.15, 0.2) is 28.5 Å². The maximum Gasteiger partial charge on any atom is 0.434 e. The molecule has 4 rings (SSSR count). The molecule has 4 heterocycles. The molecule has 1 atom stereocenters. The van der Waals surface area contributed by atoms with Crippen molar-refractivity contribution in [3.63, 3.8) is 0 Å². The zero-order valence-electron chi connectivity index (χ0n) is 14.7. The maximum atomic E-state index is 13.0. The van der Waals surface area contributed by atoms with E-state index in [1.807, 2.05) is 4.90 Å². The summed E-state index contributed by atoms with van der Waals surface area (Å²) in [7, 11) is 0. The largest absolute Gasteiger partial charge is 0.477 e. The molecule has 1 unspecified atom stereocenters. The number of pyridine rings is 2. The summed E-state index contributed by atoms with van der Waals surface area (Å²) in [6.45, 7) is 1.19. The lowest BCUT2D eigenvalue weighted by atomic mass is 10.2. The van der Waals surface area contributed by atoms with E-state index < -0.39 is 28.8 Å². The lowest BCUT2D eigenvalue weighted by molar-refractivity contribution is -0.140. The van der Waals surface area contributed by atoms with Crippen LogP contribution in [0.4, 0.5) is 19.0 Å². The van der Waals surface area contributed by atoms with E-state index in [4.69, 9.17) is 5.73 Å². The number of hydrogen-bond acceptors (Lipinski definition) is 7. The monoisotopic (exact) mass is 425 g/mol. The quantitative estimate of drug-likeness (QED) is 0.660. The summed E-state index contributed by atoms with van der Waals surface area (Å²) < 4.78 is 40.0. The normalized spacial score (nSPS) is 17.2. The van der Waals surface area contributed by atoms with Crippen LogP contribution in [0.25, 0.3) is 16.2 Å². The molecule has 0 saturated carbocycles. The van der Waals surface area contributed by atoms with Crippen LogP contribution in [0.2, 0.25) is 0 Å². The minimum Gasteiger partial charge on any atom is -0.477 e. The summed E-state index contributed by atoms with van der Waals surface area (Å²) in [5.74, 6) is -0.998. The first kappa shape index (κ1) is 19.3. The van der Waals surface area contributed by atoms with Gasteiger partial charge in [-0.05, 0) is 18.6 Å². The number of halogens is 3. The third kappa shape index (κ3) is 3.44. The highest BCUT2D eigenvalue weighted by Gasteiger charge is 2.34. The number of rotatable bonds is 3. The Morgan fingerprint density at radius 2 is 2.07 bits per heavy atom. The van der Waals surface area contributed by atoms with Crippen LogP contribution in [0.5, 0.6) is 0 Å². The molecule has 12 heteroatoms. The van der Waals surface area contributed by atoms with Crippen molar-refractivity contribution < 1.29 is 23.1 Å². The van der Waals surface area contributed by atoms with E-state index in [9.17, 15) is 27.9 Å². The van der Waals surface area contributed by atoms with Gasteiger partial charge < -0.3 is 15.7 Å². The van der Waals surface area contributed by atoms with Crippen LogP contribution in [0.1, 0.15) is 22.5 Å². The second-order valence-corrected chi connectivity index (χ2v) is 7.43. The molecule has 0 radical (unpaired) electrons. The van der Waals surface area contributed by atoms with Crippen LogP contribution in [0, 0.1) is 0 Å². The SMILES string of the molecule is NC1CCN(c2ccc3c(=O)c(C(=O)O)cn(-c4nc(C(F)(F)F)cs4)c3n2)C1. The average molecular weight is 425 g/mol. The Kier molecular flexibility index (Phi) is 4.54. The van der Waals surface area contributed by atoms with Crippen molar-refractivity contribution in [3.05, 3.63) is 45.2 Å². The van der Waals surface area contributed by atoms with Crippen LogP contribution in [-0.4, -0.2) is 44.7 Å². The van der Waals surface area contributed by atoms with Gasteiger partial charge in [0.1, 0.15) is 11.4 Å². The molecule has 1 fully saturated rings. The fourth-order valence-electron chi connectivity index (χ4n) is 3.17. The summed E-state index contributed by atoms with van der Waals surface area (Å²) in [4.78, 5) is 33.9. The zero-order chi connectivity index (χ0) is 20.9. The van der Waals surface area contributed by atoms with Crippen molar-refractivity contribution in [1.29, 1.82) is 0 Å². The Morgan fingerprint density at radius 3 is 2.66 bits per heavy atom. The fraction of sp³-hybridized carbons (Fsp3) is 0.294. The summed E-state index contributed by atoms with van der Waals surface area (Å²) >= 11 is 0.672. The van der Waals surface area contributed by atoms with Gasteiger partial charge in [0.15, 0.2) is 16.5 Å². The lowest BCUT2D eigenvalue weighted by Gasteiger charge is -2.18. The molecule has 0 spiro atoms. The standard InChI is InChI=1S/C17H14F3N5O3S/c18-17(19,20)11-7-29-16(22-11)25-6-10(15(27)28)13(26)9-1-2-12(23-14(9)25)24-4-3-8(21)5-24/h1-2,6-8H,3-5,21H2,(H,27,28). The molecule has 3 aromatic rings. The number of hydrogen-bond donors (Lipinski definition) is 2. The number of fused-ring (bicyclic) bond motifs is 1. The first-order valence-electron chi connectivity index (χ1n) is 8.48. The first-order valence-corrected chi connectivity index (χ1v) is 9.36. The predicted molar refractivity (Wildman–Crippen MR) is 99.8 cm³/mol. The first-order chi connectivity index (χ1) is 13.6. The minimum absolute atomic E-state index is 0.0269. The molecular weight excluding hydrogens is 411 g/mol. The van der Waals surface area contributed by atoms with Crippen molar-refractivity contribution in [2.24, 2.45) is 5.73 Å². The van der Waals surface area contributed by atoms with Crippen molar-refractivity contribution in [1.82, 2.24) is 14.5 Å². The van der Waals surface area contributed by atoms with Crippen molar-refractivity contribution in [2.75, 3.05) is 18.0 Å². The van der Waals surface area contributed by atoms with Gasteiger partial charge in [-0.2, -0.15) is 13.2 Å². The summed E-state index contributed by atoms with van der Waals surface area (Å²) in [6, 6.07) is 2.96. The lowest BCUT2D eigenvalue weighted by Crippen LogP contribution is -2.27. The van der Waals surface area contributed by atoms with Crippen LogP contribution < -0.4 is 16.1 Å². The molecule has 3 aromatic heterocycles. The number of aromatic carboxylic acids is 1. The van der Waals surface area contributed by atoms with Gasteiger partial charge in [-0.3, -0.25) is 9.36 Å². The van der Waals surface area contributed by atoms with Gasteiger partial charge in [0.2, 0.25) is 5.43 Å². The van der Waals surface area contributed by atoms with Gasteiger partial charge in [-0.25, -0.2) is 14.8 Å². The van der Waals surface area contributed by atoms with Crippen molar-refractivity contribution in [2.45, 2.75) is 18.6 Å². The smallest absolute Gasteiger partial charge is 0.434 e. The molecule has 152 valence electrons. The molecule has 1 aliphatic heterocycles. The summed E-state index contributed by atoms with van der Waals surface area (Å²) in [5.41, 5.74) is 3.48. The molecule has 0 bridgehead atoms. The third-order valence-corrected chi connectivity index (χ3v) is 5.44. The number of nitrogens with zero attached hydrogens (tertiary/aromatic N) is 4. The summed E-state index contributed by atoms with van der Waals surface area (Å²) in [5, 5.41) is 9.98. The Hall–Kier alpha value is -2.99. The van der Waals surface area contributed by atoms with E-state index >= 15 is 0 Å². The molecule has 3 N–H and O–H groups in total. The molecule has 8 nitrogen and oxygen atoms in total. The van der Waals surface area contributed by atoms with Crippen LogP contribution in [-0.2, 0) is 6.18 Å². The van der Waals surface area contributed by atoms with Gasteiger partial charge in [-0.15, -0.1) is 11.3 Å². The summed E-state index contributed by atoms with van der Waals surface area (Å²) in [6.07, 6.45) is -2.94. The van der Waals surface area contributed by atoms with Gasteiger partial charge in [0.25, 0.3) is 0 Å². The number of thiazole rings is 1. The van der Waals surface area contributed by atoms with Gasteiger partial charge in [-0.1, -0.05) is 0 Å². The van der Waals surface area contributed by atoms with Gasteiger partial charge >= 0.3 is 12.1 Å². The van der Waals surface area contributed by atoms with E-state index in [0.717, 1.165) is 22.6 Å². The topological polar surface area (TPSA) is 114 Å². The number of anilines is 1. The van der Waals surface area contributed by atoms with Crippen LogP contribution >= 0.6 is 11.3 Å². The second kappa shape index (κ2) is 6.81. The number of alkyl halides is 3. The average Bonchev–Trinajstić information content (AvgIpc) is 3.30. The molecule has 0 aromatic carbocycles. The highest BCUT2D eigenvalue weighted by atomic mass is 32.1. The number of carbonyl (C=O) groups is 1. The predicted octanol–water partition coefficient (Wildman–Crippen LogP) is 2.10. The maximum absolute atomic E-state index is 13.0. The number of carboxylic acids is 1. The molecule has 1 aliphatic rings. The highest BCUT2D eigenvalue weighted by Crippen LogP contribution is 2.32. The van der Waals surface area contributed by atoms with Crippen LogP contribution in [0.3, 0.4) is 0 Å². The fourth-order valence-corrected chi connectivity index (χ4v) is 3.98. The van der Waals surface area contributed by atoms with E-state index in [0.29, 0.717) is 30.2 Å². The minimum atomic E-state index is -4.65. The second-order valence-electron chi connectivity index (χ2n) is 6.60. The van der Waals surface area contributed by atoms with Gasteiger partial charge in [0.05, 0.1) is 5.39 Å². The molecule has 1 saturated heterocycles. The molecule has 0 amide bonds. The van der Waals surface area contributed by atoms with Crippen molar-refractivity contribution >= 4 is 34.2 Å². The van der Waals surface area contributed by atoms with Crippen molar-refractivity contribution in [3.8, 4) is 5.13 Å².